The van der Waals surface area contributed by atoms with E-state index in [9.17, 15) is 4.57 Å². The van der Waals surface area contributed by atoms with Crippen molar-refractivity contribution in [3.63, 3.8) is 0 Å². The summed E-state index contributed by atoms with van der Waals surface area (Å²) in [5, 5.41) is 2.30. The molecule has 0 aliphatic heterocycles. The first-order chi connectivity index (χ1) is 7.27. The Morgan fingerprint density at radius 3 is 2.20 bits per heavy atom. The summed E-state index contributed by atoms with van der Waals surface area (Å²) in [6.45, 7) is 0. The summed E-state index contributed by atoms with van der Waals surface area (Å²) >= 11 is 5.85. The molecule has 2 aromatic rings. The highest BCUT2D eigenvalue weighted by Gasteiger charge is 2.05. The minimum absolute atomic E-state index is 0.627. The highest BCUT2D eigenvalue weighted by Crippen LogP contribution is 2.20. The van der Waals surface area contributed by atoms with E-state index in [1.54, 1.807) is 12.1 Å². The van der Waals surface area contributed by atoms with Crippen molar-refractivity contribution in [2.75, 3.05) is 0 Å². The van der Waals surface area contributed by atoms with Crippen LogP contribution in [0.4, 0.5) is 0 Å². The highest BCUT2D eigenvalue weighted by atomic mass is 35.5. The molecular formula is C12H10ClOP. The summed E-state index contributed by atoms with van der Waals surface area (Å²) in [5.41, 5.74) is 0. The monoisotopic (exact) mass is 236 g/mol. The van der Waals surface area contributed by atoms with Gasteiger partial charge in [0.25, 0.3) is 0 Å². The number of rotatable bonds is 2. The summed E-state index contributed by atoms with van der Waals surface area (Å²) in [7, 11) is -1.90. The lowest BCUT2D eigenvalue weighted by Crippen LogP contribution is -2.05. The molecule has 2 rings (SSSR count). The molecule has 2 aromatic carbocycles. The molecule has 0 amide bonds. The van der Waals surface area contributed by atoms with E-state index < -0.39 is 7.80 Å². The van der Waals surface area contributed by atoms with E-state index in [1.807, 2.05) is 42.5 Å². The molecule has 0 aliphatic carbocycles. The summed E-state index contributed by atoms with van der Waals surface area (Å²) in [4.78, 5) is 0. The molecule has 0 radical (unpaired) electrons. The third-order valence-corrected chi connectivity index (χ3v) is 4.05. The van der Waals surface area contributed by atoms with E-state index >= 15 is 0 Å². The SMILES string of the molecule is O=[PH](c1ccccc1)c1cccc(Cl)c1. The van der Waals surface area contributed by atoms with Crippen LogP contribution < -0.4 is 10.6 Å². The van der Waals surface area contributed by atoms with Crippen LogP contribution in [0.3, 0.4) is 0 Å². The first-order valence-electron chi connectivity index (χ1n) is 4.63. The maximum absolute atomic E-state index is 12.1. The Morgan fingerprint density at radius 1 is 0.867 bits per heavy atom. The molecule has 0 saturated heterocycles. The molecule has 0 heterocycles. The van der Waals surface area contributed by atoms with E-state index in [-0.39, 0.29) is 0 Å². The van der Waals surface area contributed by atoms with E-state index in [0.29, 0.717) is 5.02 Å². The van der Waals surface area contributed by atoms with Gasteiger partial charge < -0.3 is 4.57 Å². The predicted molar refractivity (Wildman–Crippen MR) is 66.2 cm³/mol. The fourth-order valence-corrected chi connectivity index (χ4v) is 3.03. The number of halogens is 1. The largest absolute Gasteiger partial charge is 0.317 e. The molecule has 1 unspecified atom stereocenters. The van der Waals surface area contributed by atoms with Gasteiger partial charge in [0.05, 0.1) is 0 Å². The summed E-state index contributed by atoms with van der Waals surface area (Å²) in [6, 6.07) is 16.7. The molecule has 76 valence electrons. The maximum Gasteiger partial charge on any atom is 0.131 e. The summed E-state index contributed by atoms with van der Waals surface area (Å²) < 4.78 is 12.1. The molecular weight excluding hydrogens is 227 g/mol. The van der Waals surface area contributed by atoms with Crippen LogP contribution >= 0.6 is 19.4 Å². The first kappa shape index (κ1) is 10.5. The van der Waals surface area contributed by atoms with Gasteiger partial charge in [0.2, 0.25) is 0 Å². The Bertz CT molecular complexity index is 482. The highest BCUT2D eigenvalue weighted by molar-refractivity contribution is 7.61. The van der Waals surface area contributed by atoms with Crippen LogP contribution in [0.1, 0.15) is 0 Å². The van der Waals surface area contributed by atoms with Gasteiger partial charge in [0, 0.05) is 15.6 Å². The van der Waals surface area contributed by atoms with Crippen LogP contribution in [-0.2, 0) is 4.57 Å². The van der Waals surface area contributed by atoms with Crippen LogP contribution in [0, 0.1) is 0 Å². The number of hydrogen-bond acceptors (Lipinski definition) is 1. The molecule has 15 heavy (non-hydrogen) atoms. The smallest absolute Gasteiger partial charge is 0.131 e. The third-order valence-electron chi connectivity index (χ3n) is 2.12. The van der Waals surface area contributed by atoms with Crippen molar-refractivity contribution in [3.05, 3.63) is 59.6 Å². The van der Waals surface area contributed by atoms with Crippen molar-refractivity contribution in [2.45, 2.75) is 0 Å². The van der Waals surface area contributed by atoms with Crippen LogP contribution in [0.2, 0.25) is 5.02 Å². The van der Waals surface area contributed by atoms with E-state index in [2.05, 4.69) is 0 Å². The Kier molecular flexibility index (Phi) is 3.25. The predicted octanol–water partition coefficient (Wildman–Crippen LogP) is 2.85. The minimum atomic E-state index is -1.90. The van der Waals surface area contributed by atoms with Gasteiger partial charge in [-0.1, -0.05) is 54.1 Å². The van der Waals surface area contributed by atoms with E-state index in [4.69, 9.17) is 11.6 Å². The lowest BCUT2D eigenvalue weighted by molar-refractivity contribution is 0.598. The van der Waals surface area contributed by atoms with Crippen molar-refractivity contribution >= 4 is 30.0 Å². The van der Waals surface area contributed by atoms with Crippen molar-refractivity contribution in [3.8, 4) is 0 Å². The van der Waals surface area contributed by atoms with Gasteiger partial charge in [-0.25, -0.2) is 0 Å². The molecule has 0 fully saturated rings. The Morgan fingerprint density at radius 2 is 1.53 bits per heavy atom. The quantitative estimate of drug-likeness (QED) is 0.733. The fraction of sp³-hybridized carbons (Fsp3) is 0. The second-order valence-electron chi connectivity index (χ2n) is 3.21. The molecule has 1 nitrogen and oxygen atoms in total. The van der Waals surface area contributed by atoms with Crippen molar-refractivity contribution < 1.29 is 4.57 Å². The topological polar surface area (TPSA) is 17.1 Å². The zero-order valence-electron chi connectivity index (χ0n) is 7.98. The van der Waals surface area contributed by atoms with Gasteiger partial charge in [-0.2, -0.15) is 0 Å². The van der Waals surface area contributed by atoms with Gasteiger partial charge in [0.15, 0.2) is 0 Å². The Hall–Kier alpha value is -1.04. The molecule has 1 atom stereocenters. The lowest BCUT2D eigenvalue weighted by atomic mass is 10.4. The summed E-state index contributed by atoms with van der Waals surface area (Å²) in [5.74, 6) is 0. The van der Waals surface area contributed by atoms with Crippen LogP contribution in [0.15, 0.2) is 54.6 Å². The molecule has 0 saturated carbocycles. The number of benzene rings is 2. The van der Waals surface area contributed by atoms with Gasteiger partial charge >= 0.3 is 0 Å². The van der Waals surface area contributed by atoms with Crippen molar-refractivity contribution in [1.29, 1.82) is 0 Å². The second-order valence-corrected chi connectivity index (χ2v) is 5.45. The van der Waals surface area contributed by atoms with Gasteiger partial charge in [-0.05, 0) is 12.1 Å². The minimum Gasteiger partial charge on any atom is -0.317 e. The van der Waals surface area contributed by atoms with Crippen LogP contribution in [0.25, 0.3) is 0 Å². The van der Waals surface area contributed by atoms with E-state index in [0.717, 1.165) is 10.6 Å². The molecule has 3 heteroatoms. The molecule has 0 aromatic heterocycles. The Labute approximate surface area is 94.5 Å². The standard InChI is InChI=1S/C12H10ClOP/c13-10-5-4-8-12(9-10)15(14)11-6-2-1-3-7-11/h1-9,15H. The zero-order chi connectivity index (χ0) is 10.7. The van der Waals surface area contributed by atoms with Crippen LogP contribution in [-0.4, -0.2) is 0 Å². The van der Waals surface area contributed by atoms with Gasteiger partial charge in [-0.15, -0.1) is 0 Å². The maximum atomic E-state index is 12.1. The normalized spacial score (nSPS) is 12.3. The molecule has 0 spiro atoms. The molecule has 0 aliphatic rings. The second kappa shape index (κ2) is 4.65. The van der Waals surface area contributed by atoms with Gasteiger partial charge in [-0.3, -0.25) is 0 Å². The Balaban J connectivity index is 2.37. The van der Waals surface area contributed by atoms with Crippen molar-refractivity contribution in [2.24, 2.45) is 0 Å². The average molecular weight is 237 g/mol. The van der Waals surface area contributed by atoms with Gasteiger partial charge in [0.1, 0.15) is 7.80 Å². The lowest BCUT2D eigenvalue weighted by Gasteiger charge is -2.02. The number of hydrogen-bond donors (Lipinski definition) is 0. The zero-order valence-corrected chi connectivity index (χ0v) is 9.74. The third kappa shape index (κ3) is 2.50. The molecule has 0 bridgehead atoms. The summed E-state index contributed by atoms with van der Waals surface area (Å²) in [6.07, 6.45) is 0. The van der Waals surface area contributed by atoms with E-state index in [1.165, 1.54) is 0 Å². The fourth-order valence-electron chi connectivity index (χ4n) is 1.39. The van der Waals surface area contributed by atoms with Crippen LogP contribution in [0.5, 0.6) is 0 Å². The van der Waals surface area contributed by atoms with Crippen molar-refractivity contribution in [1.82, 2.24) is 0 Å². The molecule has 0 N–H and O–H groups in total. The first-order valence-corrected chi connectivity index (χ1v) is 6.41. The average Bonchev–Trinajstić information content (AvgIpc) is 2.29.